The van der Waals surface area contributed by atoms with Gasteiger partial charge in [0.15, 0.2) is 0 Å². The fourth-order valence-electron chi connectivity index (χ4n) is 1.27. The predicted octanol–water partition coefficient (Wildman–Crippen LogP) is 0.492. The van der Waals surface area contributed by atoms with Crippen LogP contribution in [0.3, 0.4) is 0 Å². The van der Waals surface area contributed by atoms with E-state index in [1.807, 2.05) is 6.92 Å². The van der Waals surface area contributed by atoms with Crippen molar-refractivity contribution in [3.8, 4) is 0 Å². The highest BCUT2D eigenvalue weighted by molar-refractivity contribution is 5.68. The minimum Gasteiger partial charge on any atom is -0.368 e. The summed E-state index contributed by atoms with van der Waals surface area (Å²) in [5.74, 6) is -0.105. The predicted molar refractivity (Wildman–Crippen MR) is 50.1 cm³/mol. The van der Waals surface area contributed by atoms with E-state index in [-0.39, 0.29) is 5.97 Å². The zero-order valence-electron chi connectivity index (χ0n) is 8.45. The van der Waals surface area contributed by atoms with Gasteiger partial charge in [-0.1, -0.05) is 6.92 Å². The number of hydroxylamine groups is 2. The molecule has 0 aromatic rings. The van der Waals surface area contributed by atoms with Gasteiger partial charge in [-0.3, -0.25) is 4.79 Å². The van der Waals surface area contributed by atoms with Gasteiger partial charge in [0.05, 0.1) is 0 Å². The van der Waals surface area contributed by atoms with Crippen molar-refractivity contribution < 1.29 is 9.63 Å². The first-order chi connectivity index (χ1) is 6.22. The summed E-state index contributed by atoms with van der Waals surface area (Å²) in [5, 5.41) is 1.76. The molecule has 0 saturated carbocycles. The molecule has 1 saturated heterocycles. The molecule has 0 aromatic heterocycles. The van der Waals surface area contributed by atoms with Gasteiger partial charge < -0.3 is 9.74 Å². The zero-order chi connectivity index (χ0) is 9.68. The SMILES string of the molecule is CCCC(=O)ON1CCN(C)CC1. The van der Waals surface area contributed by atoms with E-state index in [1.165, 1.54) is 0 Å². The van der Waals surface area contributed by atoms with Gasteiger partial charge in [0, 0.05) is 32.6 Å². The number of carbonyl (C=O) groups is 1. The number of carbonyl (C=O) groups excluding carboxylic acids is 1. The van der Waals surface area contributed by atoms with E-state index < -0.39 is 0 Å². The Morgan fingerprint density at radius 3 is 2.46 bits per heavy atom. The van der Waals surface area contributed by atoms with Crippen LogP contribution in [0.5, 0.6) is 0 Å². The van der Waals surface area contributed by atoms with Crippen LogP contribution in [-0.4, -0.2) is 49.2 Å². The van der Waals surface area contributed by atoms with Crippen LogP contribution >= 0.6 is 0 Å². The number of hydrogen-bond acceptors (Lipinski definition) is 4. The maximum Gasteiger partial charge on any atom is 0.325 e. The Bertz CT molecular complexity index is 165. The molecular weight excluding hydrogens is 168 g/mol. The molecule has 0 amide bonds. The molecule has 13 heavy (non-hydrogen) atoms. The highest BCUT2D eigenvalue weighted by atomic mass is 16.7. The second-order valence-electron chi connectivity index (χ2n) is 3.45. The fraction of sp³-hybridized carbons (Fsp3) is 0.889. The highest BCUT2D eigenvalue weighted by Gasteiger charge is 2.16. The van der Waals surface area contributed by atoms with Crippen molar-refractivity contribution in [3.63, 3.8) is 0 Å². The van der Waals surface area contributed by atoms with Crippen molar-refractivity contribution in [1.82, 2.24) is 9.96 Å². The molecule has 1 rings (SSSR count). The molecule has 1 heterocycles. The van der Waals surface area contributed by atoms with Gasteiger partial charge in [-0.2, -0.15) is 0 Å². The monoisotopic (exact) mass is 186 g/mol. The molecule has 0 aromatic carbocycles. The zero-order valence-corrected chi connectivity index (χ0v) is 8.45. The van der Waals surface area contributed by atoms with Crippen molar-refractivity contribution in [2.24, 2.45) is 0 Å². The summed E-state index contributed by atoms with van der Waals surface area (Å²) in [6.45, 7) is 5.57. The molecule has 4 heteroatoms. The molecule has 0 radical (unpaired) electrons. The van der Waals surface area contributed by atoms with Crippen LogP contribution < -0.4 is 0 Å². The van der Waals surface area contributed by atoms with Gasteiger partial charge in [-0.25, -0.2) is 0 Å². The quantitative estimate of drug-likeness (QED) is 0.642. The Labute approximate surface area is 79.4 Å². The van der Waals surface area contributed by atoms with Crippen LogP contribution in [0.15, 0.2) is 0 Å². The third kappa shape index (κ3) is 3.74. The lowest BCUT2D eigenvalue weighted by Crippen LogP contribution is -2.45. The lowest BCUT2D eigenvalue weighted by atomic mass is 10.3. The Kier molecular flexibility index (Phi) is 4.18. The van der Waals surface area contributed by atoms with E-state index in [1.54, 1.807) is 5.06 Å². The second-order valence-corrected chi connectivity index (χ2v) is 3.45. The minimum atomic E-state index is -0.105. The van der Waals surface area contributed by atoms with Crippen molar-refractivity contribution >= 4 is 5.97 Å². The number of hydrogen-bond donors (Lipinski definition) is 0. The first kappa shape index (κ1) is 10.5. The van der Waals surface area contributed by atoms with Crippen LogP contribution in [0.4, 0.5) is 0 Å². The molecule has 0 atom stereocenters. The molecule has 0 unspecified atom stereocenters. The molecule has 4 nitrogen and oxygen atoms in total. The number of likely N-dealkylation sites (N-methyl/N-ethyl adjacent to an activating group) is 1. The Morgan fingerprint density at radius 1 is 1.31 bits per heavy atom. The molecule has 0 bridgehead atoms. The molecule has 0 aliphatic carbocycles. The molecule has 1 fully saturated rings. The molecular formula is C9H18N2O2. The van der Waals surface area contributed by atoms with Crippen LogP contribution in [-0.2, 0) is 9.63 Å². The summed E-state index contributed by atoms with van der Waals surface area (Å²) in [6.07, 6.45) is 1.37. The van der Waals surface area contributed by atoms with E-state index in [9.17, 15) is 4.79 Å². The summed E-state index contributed by atoms with van der Waals surface area (Å²) in [5.41, 5.74) is 0. The average molecular weight is 186 g/mol. The summed E-state index contributed by atoms with van der Waals surface area (Å²) in [6, 6.07) is 0. The lowest BCUT2D eigenvalue weighted by molar-refractivity contribution is -0.197. The summed E-state index contributed by atoms with van der Waals surface area (Å²) in [7, 11) is 2.07. The Morgan fingerprint density at radius 2 is 1.92 bits per heavy atom. The van der Waals surface area contributed by atoms with Gasteiger partial charge in [0.1, 0.15) is 0 Å². The highest BCUT2D eigenvalue weighted by Crippen LogP contribution is 2.02. The molecule has 0 N–H and O–H groups in total. The van der Waals surface area contributed by atoms with E-state index in [0.717, 1.165) is 32.6 Å². The van der Waals surface area contributed by atoms with E-state index in [2.05, 4.69) is 11.9 Å². The Hall–Kier alpha value is -0.610. The first-order valence-corrected chi connectivity index (χ1v) is 4.86. The van der Waals surface area contributed by atoms with Gasteiger partial charge >= 0.3 is 5.97 Å². The Balaban J connectivity index is 2.18. The first-order valence-electron chi connectivity index (χ1n) is 4.86. The maximum absolute atomic E-state index is 11.1. The minimum absolute atomic E-state index is 0.105. The van der Waals surface area contributed by atoms with Crippen molar-refractivity contribution in [2.45, 2.75) is 19.8 Å². The van der Waals surface area contributed by atoms with E-state index in [4.69, 9.17) is 4.84 Å². The normalized spacial score (nSPS) is 20.2. The molecule has 1 aliphatic rings. The summed E-state index contributed by atoms with van der Waals surface area (Å²) in [4.78, 5) is 18.5. The second kappa shape index (κ2) is 5.19. The van der Waals surface area contributed by atoms with Crippen LogP contribution in [0.2, 0.25) is 0 Å². The van der Waals surface area contributed by atoms with E-state index in [0.29, 0.717) is 6.42 Å². The van der Waals surface area contributed by atoms with Gasteiger partial charge in [-0.05, 0) is 13.5 Å². The van der Waals surface area contributed by atoms with Crippen molar-refractivity contribution in [1.29, 1.82) is 0 Å². The van der Waals surface area contributed by atoms with Crippen LogP contribution in [0, 0.1) is 0 Å². The largest absolute Gasteiger partial charge is 0.368 e. The maximum atomic E-state index is 11.1. The standard InChI is InChI=1S/C9H18N2O2/c1-3-4-9(12)13-11-7-5-10(2)6-8-11/h3-8H2,1-2H3. The van der Waals surface area contributed by atoms with Gasteiger partial charge in [0.25, 0.3) is 0 Å². The molecule has 1 aliphatic heterocycles. The smallest absolute Gasteiger partial charge is 0.325 e. The van der Waals surface area contributed by atoms with Crippen molar-refractivity contribution in [2.75, 3.05) is 33.2 Å². The lowest BCUT2D eigenvalue weighted by Gasteiger charge is -2.30. The molecule has 0 spiro atoms. The number of nitrogens with zero attached hydrogens (tertiary/aromatic N) is 2. The van der Waals surface area contributed by atoms with Crippen molar-refractivity contribution in [3.05, 3.63) is 0 Å². The van der Waals surface area contributed by atoms with Gasteiger partial charge in [0.2, 0.25) is 0 Å². The fourth-order valence-corrected chi connectivity index (χ4v) is 1.27. The molecule has 76 valence electrons. The third-order valence-corrected chi connectivity index (χ3v) is 2.15. The van der Waals surface area contributed by atoms with Gasteiger partial charge in [-0.15, -0.1) is 5.06 Å². The van der Waals surface area contributed by atoms with Crippen LogP contribution in [0.25, 0.3) is 0 Å². The number of rotatable bonds is 3. The van der Waals surface area contributed by atoms with E-state index >= 15 is 0 Å². The number of piperazine rings is 1. The topological polar surface area (TPSA) is 32.8 Å². The summed E-state index contributed by atoms with van der Waals surface area (Å²) < 4.78 is 0. The summed E-state index contributed by atoms with van der Waals surface area (Å²) >= 11 is 0. The van der Waals surface area contributed by atoms with Crippen LogP contribution in [0.1, 0.15) is 19.8 Å². The third-order valence-electron chi connectivity index (χ3n) is 2.15. The average Bonchev–Trinajstić information content (AvgIpc) is 2.09.